The van der Waals surface area contributed by atoms with Crippen LogP contribution in [0.1, 0.15) is 44.8 Å². The second kappa shape index (κ2) is 11.6. The minimum atomic E-state index is -0.0384. The Kier molecular flexibility index (Phi) is 7.67. The van der Waals surface area contributed by atoms with Crippen LogP contribution < -0.4 is 9.97 Å². The van der Waals surface area contributed by atoms with Crippen molar-refractivity contribution in [3.8, 4) is 22.8 Å². The van der Waals surface area contributed by atoms with Crippen LogP contribution in [0, 0.1) is 0 Å². The maximum absolute atomic E-state index is 5.01. The molecule has 0 fully saturated rings. The summed E-state index contributed by atoms with van der Waals surface area (Å²) >= 11 is 0. The van der Waals surface area contributed by atoms with Crippen LogP contribution >= 0.6 is 0 Å². The van der Waals surface area contributed by atoms with Crippen molar-refractivity contribution in [3.63, 3.8) is 0 Å². The van der Waals surface area contributed by atoms with Crippen LogP contribution in [-0.4, -0.2) is 29.9 Å². The van der Waals surface area contributed by atoms with E-state index in [2.05, 4.69) is 12.2 Å². The molecule has 8 bridgehead atoms. The first-order chi connectivity index (χ1) is 20.8. The molecule has 0 amide bonds. The average Bonchev–Trinajstić information content (AvgIpc) is 3.78. The Morgan fingerprint density at radius 1 is 0.477 bits per heavy atom. The van der Waals surface area contributed by atoms with E-state index in [1.807, 2.05) is 98.8 Å². The summed E-state index contributed by atoms with van der Waals surface area (Å²) in [6, 6.07) is 24.0. The van der Waals surface area contributed by atoms with Gasteiger partial charge in [0.2, 0.25) is 0 Å². The first-order valence-electron chi connectivity index (χ1n) is 14.1. The second-order valence-electron chi connectivity index (χ2n) is 10.0. The Hall–Kier alpha value is -4.98. The Bertz CT molecular complexity index is 2110. The average molecular weight is 624 g/mol. The largest absolute Gasteiger partial charge is 2.00 e. The first-order valence-corrected chi connectivity index (χ1v) is 14.1. The Balaban J connectivity index is 0.000000842. The van der Waals surface area contributed by atoms with Gasteiger partial charge in [-0.25, -0.2) is 4.98 Å². The molecule has 44 heavy (non-hydrogen) atoms. The Morgan fingerprint density at radius 3 is 1.25 bits per heavy atom. The molecular weight excluding hydrogens is 596 g/mol. The van der Waals surface area contributed by atoms with E-state index in [1.165, 1.54) is 0 Å². The molecule has 1 radical (unpaired) electrons. The fourth-order valence-corrected chi connectivity index (χ4v) is 5.78. The molecular formula is C35H28CuN8. The molecule has 9 rings (SSSR count). The maximum atomic E-state index is 5.01. The third-order valence-corrected chi connectivity index (χ3v) is 7.69. The second-order valence-corrected chi connectivity index (χ2v) is 10.0. The fraction of sp³-hybridized carbons (Fsp3) is 0.143. The van der Waals surface area contributed by atoms with Crippen LogP contribution in [0.3, 0.4) is 0 Å². The fourth-order valence-electron chi connectivity index (χ4n) is 5.78. The van der Waals surface area contributed by atoms with Crippen molar-refractivity contribution in [3.05, 3.63) is 109 Å². The van der Waals surface area contributed by atoms with Gasteiger partial charge in [0, 0.05) is 45.6 Å². The molecule has 0 saturated heterocycles. The first kappa shape index (κ1) is 29.1. The predicted octanol–water partition coefficient (Wildman–Crippen LogP) is 7.45. The van der Waals surface area contributed by atoms with Crippen molar-refractivity contribution in [2.45, 2.75) is 33.1 Å². The standard InChI is InChI=1S/C32H18N8.C2H6.CH4.Cu/c1-2-10-18-17(9-1)25-33-26(18)38-28-21-13-5-6-14-22(21)30(35-28)40-32-24-16-8-7-15-23(24)31(36-32)39-29-20-12-4-3-11-19(20)27(34-29)37-25;1-2;;/h1-18H;1-2H3;1H4;/q-2;;;+2. The van der Waals surface area contributed by atoms with E-state index >= 15 is 0 Å². The summed E-state index contributed by atoms with van der Waals surface area (Å²) in [5, 5.41) is 3.65. The van der Waals surface area contributed by atoms with Crippen LogP contribution in [-0.2, 0) is 17.1 Å². The van der Waals surface area contributed by atoms with Crippen LogP contribution in [0.15, 0.2) is 97.1 Å². The van der Waals surface area contributed by atoms with Gasteiger partial charge in [-0.05, 0) is 21.5 Å². The van der Waals surface area contributed by atoms with E-state index in [4.69, 9.17) is 39.9 Å². The normalized spacial score (nSPS) is 15.9. The minimum Gasteiger partial charge on any atom is -0.357 e. The molecule has 2 atom stereocenters. The number of allylic oxidation sites excluding steroid dienone is 4. The van der Waals surface area contributed by atoms with Crippen molar-refractivity contribution in [1.82, 2.24) is 39.9 Å². The molecule has 5 heterocycles. The van der Waals surface area contributed by atoms with Crippen molar-refractivity contribution in [1.29, 1.82) is 0 Å². The number of hydrogen-bond acceptors (Lipinski definition) is 6. The zero-order valence-electron chi connectivity index (χ0n) is 23.3. The van der Waals surface area contributed by atoms with E-state index in [-0.39, 0.29) is 36.3 Å². The van der Waals surface area contributed by atoms with Gasteiger partial charge in [0.15, 0.2) is 0 Å². The van der Waals surface area contributed by atoms with E-state index in [9.17, 15) is 0 Å². The smallest absolute Gasteiger partial charge is 0.357 e. The van der Waals surface area contributed by atoms with Crippen LogP contribution in [0.4, 0.5) is 0 Å². The monoisotopic (exact) mass is 623 g/mol. The Labute approximate surface area is 265 Å². The molecule has 2 aliphatic heterocycles. The summed E-state index contributed by atoms with van der Waals surface area (Å²) in [5.41, 5.74) is 4.11. The van der Waals surface area contributed by atoms with E-state index in [0.29, 0.717) is 45.9 Å². The van der Waals surface area contributed by atoms with Gasteiger partial charge in [0.25, 0.3) is 0 Å². The topological polar surface area (TPSA) is 106 Å². The molecule has 0 spiro atoms. The van der Waals surface area contributed by atoms with Gasteiger partial charge in [0.1, 0.15) is 0 Å². The van der Waals surface area contributed by atoms with Crippen LogP contribution in [0.2, 0.25) is 0 Å². The van der Waals surface area contributed by atoms with Gasteiger partial charge >= 0.3 is 17.1 Å². The maximum Gasteiger partial charge on any atom is 2.00 e. The molecule has 2 unspecified atom stereocenters. The molecule has 0 saturated carbocycles. The van der Waals surface area contributed by atoms with E-state index in [1.54, 1.807) is 0 Å². The number of fused-ring (bicyclic) bond motifs is 20. The van der Waals surface area contributed by atoms with Gasteiger partial charge in [-0.1, -0.05) is 118 Å². The molecule has 3 aliphatic rings. The molecule has 8 nitrogen and oxygen atoms in total. The summed E-state index contributed by atoms with van der Waals surface area (Å²) in [6.45, 7) is 4.00. The summed E-state index contributed by atoms with van der Waals surface area (Å²) < 4.78 is 0. The number of aromatic nitrogens is 8. The summed E-state index contributed by atoms with van der Waals surface area (Å²) in [5.74, 6) is 2.39. The molecule has 9 heteroatoms. The zero-order valence-corrected chi connectivity index (χ0v) is 24.2. The number of rotatable bonds is 0. The molecule has 3 aromatic carbocycles. The van der Waals surface area contributed by atoms with Gasteiger partial charge in [-0.2, -0.15) is 0 Å². The van der Waals surface area contributed by atoms with Gasteiger partial charge < -0.3 is 29.9 Å². The third-order valence-electron chi connectivity index (χ3n) is 7.69. The van der Waals surface area contributed by atoms with Crippen molar-refractivity contribution in [2.24, 2.45) is 0 Å². The van der Waals surface area contributed by atoms with E-state index < -0.39 is 0 Å². The Morgan fingerprint density at radius 2 is 0.841 bits per heavy atom. The number of nitrogens with zero attached hydrogens (tertiary/aromatic N) is 8. The summed E-state index contributed by atoms with van der Waals surface area (Å²) in [7, 11) is 0. The number of hydrogen-bond donors (Lipinski definition) is 0. The van der Waals surface area contributed by atoms with E-state index in [0.717, 1.165) is 32.7 Å². The van der Waals surface area contributed by atoms with Gasteiger partial charge in [0.05, 0.1) is 23.3 Å². The number of benzene rings is 3. The minimum absolute atomic E-state index is 0. The van der Waals surface area contributed by atoms with Gasteiger partial charge in [-0.15, -0.1) is 0 Å². The summed E-state index contributed by atoms with van der Waals surface area (Å²) in [6.07, 6.45) is 8.31. The molecule has 6 aromatic rings. The molecule has 3 aromatic heterocycles. The van der Waals surface area contributed by atoms with Crippen molar-refractivity contribution in [2.75, 3.05) is 0 Å². The predicted molar refractivity (Wildman–Crippen MR) is 171 cm³/mol. The quantitative estimate of drug-likeness (QED) is 0.160. The van der Waals surface area contributed by atoms with Crippen molar-refractivity contribution >= 4 is 44.1 Å². The molecule has 0 N–H and O–H groups in total. The van der Waals surface area contributed by atoms with Crippen LogP contribution in [0.25, 0.3) is 66.9 Å². The van der Waals surface area contributed by atoms with Crippen molar-refractivity contribution < 1.29 is 17.1 Å². The van der Waals surface area contributed by atoms with Crippen LogP contribution in [0.5, 0.6) is 0 Å². The molecule has 1 aliphatic carbocycles. The van der Waals surface area contributed by atoms with Gasteiger partial charge in [-0.3, -0.25) is 4.98 Å². The summed E-state index contributed by atoms with van der Waals surface area (Å²) in [4.78, 5) is 39.5. The SMILES string of the molecule is C.C1=CC2c3nc(nc4[n-]c(nc5nc(nc6[n-]c(n3)c3ccccc63)-c3ccccc3-5)c3ccccc43)C2C=C1.CC.[Cu+2]. The molecule has 219 valence electrons. The zero-order chi connectivity index (χ0) is 28.2. The third kappa shape index (κ3) is 4.53.